The number of aromatic nitrogens is 2. The molecule has 0 amide bonds. The number of aryl methyl sites for hydroxylation is 2. The average molecular weight is 440 g/mol. The molecule has 0 aliphatic rings. The van der Waals surface area contributed by atoms with Crippen molar-refractivity contribution in [1.29, 1.82) is 0 Å². The molecule has 1 unspecified atom stereocenters. The molecule has 0 saturated heterocycles. The highest BCUT2D eigenvalue weighted by Gasteiger charge is 2.19. The summed E-state index contributed by atoms with van der Waals surface area (Å²) in [5.41, 5.74) is 2.25. The van der Waals surface area contributed by atoms with Gasteiger partial charge in [-0.05, 0) is 72.7 Å². The Morgan fingerprint density at radius 3 is 2.33 bits per heavy atom. The minimum absolute atomic E-state index is 0.0295. The van der Waals surface area contributed by atoms with E-state index in [0.717, 1.165) is 11.1 Å². The maximum absolute atomic E-state index is 14.2. The van der Waals surface area contributed by atoms with Crippen LogP contribution in [0.3, 0.4) is 0 Å². The van der Waals surface area contributed by atoms with Crippen LogP contribution in [0.5, 0.6) is 0 Å². The van der Waals surface area contributed by atoms with E-state index in [0.29, 0.717) is 9.26 Å². The van der Waals surface area contributed by atoms with Gasteiger partial charge in [0.1, 0.15) is 5.82 Å². The molecule has 0 aliphatic heterocycles. The van der Waals surface area contributed by atoms with E-state index < -0.39 is 17.5 Å². The summed E-state index contributed by atoms with van der Waals surface area (Å²) in [4.78, 5) is 17.2. The number of benzene rings is 2. The van der Waals surface area contributed by atoms with Gasteiger partial charge in [0.2, 0.25) is 0 Å². The summed E-state index contributed by atoms with van der Waals surface area (Å²) >= 11 is 1.82. The predicted octanol–water partition coefficient (Wildman–Crippen LogP) is 4.78. The van der Waals surface area contributed by atoms with Crippen LogP contribution in [0.15, 0.2) is 35.1 Å². The average Bonchev–Trinajstić information content (AvgIpc) is 2.48. The number of alkyl halides is 1. The largest absolute Gasteiger partial charge is 0.268 e. The fourth-order valence-electron chi connectivity index (χ4n) is 2.79. The molecule has 0 radical (unpaired) electrons. The zero-order valence-electron chi connectivity index (χ0n) is 13.4. The van der Waals surface area contributed by atoms with Crippen LogP contribution in [0.25, 0.3) is 16.6 Å². The van der Waals surface area contributed by atoms with Crippen LogP contribution in [-0.2, 0) is 0 Å². The Morgan fingerprint density at radius 2 is 1.75 bits per heavy atom. The second kappa shape index (κ2) is 6.23. The quantitative estimate of drug-likeness (QED) is 0.538. The lowest BCUT2D eigenvalue weighted by Gasteiger charge is -2.16. The summed E-state index contributed by atoms with van der Waals surface area (Å²) < 4.78 is 29.5. The first kappa shape index (κ1) is 17.0. The maximum Gasteiger partial charge on any atom is 0.266 e. The first-order valence-electron chi connectivity index (χ1n) is 7.42. The predicted molar refractivity (Wildman–Crippen MR) is 99.0 cm³/mol. The fourth-order valence-corrected chi connectivity index (χ4v) is 3.26. The van der Waals surface area contributed by atoms with Crippen molar-refractivity contribution in [3.63, 3.8) is 0 Å². The summed E-state index contributed by atoms with van der Waals surface area (Å²) in [6, 6.07) is 8.22. The van der Waals surface area contributed by atoms with E-state index >= 15 is 0 Å². The number of halogens is 3. The molecule has 1 atom stereocenters. The zero-order valence-corrected chi connectivity index (χ0v) is 15.6. The molecule has 0 saturated carbocycles. The van der Waals surface area contributed by atoms with Gasteiger partial charge in [0.15, 0.2) is 12.0 Å². The number of fused-ring (bicyclic) bond motifs is 1. The molecule has 1 heterocycles. The van der Waals surface area contributed by atoms with Crippen molar-refractivity contribution in [1.82, 2.24) is 9.55 Å². The maximum atomic E-state index is 14.2. The Morgan fingerprint density at radius 1 is 1.12 bits per heavy atom. The van der Waals surface area contributed by atoms with Gasteiger partial charge in [-0.15, -0.1) is 0 Å². The fraction of sp³-hybridized carbons (Fsp3) is 0.222. The van der Waals surface area contributed by atoms with Crippen LogP contribution in [0, 0.1) is 23.2 Å². The Kier molecular flexibility index (Phi) is 4.42. The molecule has 0 fully saturated rings. The van der Waals surface area contributed by atoms with Gasteiger partial charge < -0.3 is 0 Å². The van der Waals surface area contributed by atoms with Crippen LogP contribution >= 0.6 is 22.6 Å². The number of hydrogen-bond acceptors (Lipinski definition) is 2. The molecule has 124 valence electrons. The molecule has 2 aromatic carbocycles. The molecular formula is C18H15F2IN2O. The Hall–Kier alpha value is -1.83. The molecule has 0 bridgehead atoms. The van der Waals surface area contributed by atoms with Crippen molar-refractivity contribution >= 4 is 33.5 Å². The second-order valence-electron chi connectivity index (χ2n) is 5.86. The van der Waals surface area contributed by atoms with E-state index in [-0.39, 0.29) is 16.7 Å². The highest BCUT2D eigenvalue weighted by atomic mass is 127. The minimum atomic E-state index is -1.47. The van der Waals surface area contributed by atoms with Crippen LogP contribution in [0.2, 0.25) is 0 Å². The first-order valence-corrected chi connectivity index (χ1v) is 8.50. The van der Waals surface area contributed by atoms with E-state index in [1.165, 1.54) is 23.6 Å². The van der Waals surface area contributed by atoms with Gasteiger partial charge in [-0.25, -0.2) is 13.8 Å². The summed E-state index contributed by atoms with van der Waals surface area (Å²) in [5.74, 6) is -0.505. The van der Waals surface area contributed by atoms with E-state index in [1.54, 1.807) is 0 Å². The summed E-state index contributed by atoms with van der Waals surface area (Å²) in [6.45, 7) is 5.13. The van der Waals surface area contributed by atoms with Crippen molar-refractivity contribution in [2.45, 2.75) is 26.9 Å². The van der Waals surface area contributed by atoms with Crippen LogP contribution in [0.1, 0.15) is 30.0 Å². The molecule has 3 aromatic rings. The van der Waals surface area contributed by atoms with Crippen molar-refractivity contribution in [2.24, 2.45) is 0 Å². The van der Waals surface area contributed by atoms with Crippen LogP contribution in [-0.4, -0.2) is 9.55 Å². The van der Waals surface area contributed by atoms with Crippen molar-refractivity contribution in [3.8, 4) is 5.69 Å². The van der Waals surface area contributed by atoms with Crippen LogP contribution < -0.4 is 5.56 Å². The highest BCUT2D eigenvalue weighted by molar-refractivity contribution is 14.1. The lowest BCUT2D eigenvalue weighted by Crippen LogP contribution is -2.25. The standard InChI is InChI=1S/C18H15F2IN2O/c1-9-4-10(2)6-12(5-9)23-17(11(3)19)22-16-8-14(20)15(21)7-13(16)18(23)24/h4-8,11H,1-3H3. The van der Waals surface area contributed by atoms with Gasteiger partial charge in [0, 0.05) is 9.64 Å². The number of hydrogen-bond donors (Lipinski definition) is 0. The Balaban J connectivity index is 2.45. The zero-order chi connectivity index (χ0) is 17.6. The highest BCUT2D eigenvalue weighted by Crippen LogP contribution is 2.23. The Bertz CT molecular complexity index is 992. The molecule has 3 rings (SSSR count). The van der Waals surface area contributed by atoms with Gasteiger partial charge in [-0.2, -0.15) is 0 Å². The van der Waals surface area contributed by atoms with Gasteiger partial charge >= 0.3 is 0 Å². The SMILES string of the molecule is Cc1cc(C)cc(-n2c(C(C)F)nc3cc(F)c(I)cc3c2=O)c1. The lowest BCUT2D eigenvalue weighted by atomic mass is 10.1. The van der Waals surface area contributed by atoms with Crippen molar-refractivity contribution < 1.29 is 8.78 Å². The molecule has 0 N–H and O–H groups in total. The van der Waals surface area contributed by atoms with E-state index in [1.807, 2.05) is 54.6 Å². The Labute approximate surface area is 151 Å². The smallest absolute Gasteiger partial charge is 0.266 e. The van der Waals surface area contributed by atoms with Gasteiger partial charge in [0.05, 0.1) is 16.6 Å². The lowest BCUT2D eigenvalue weighted by molar-refractivity contribution is 0.350. The summed E-state index contributed by atoms with van der Waals surface area (Å²) in [7, 11) is 0. The molecule has 0 spiro atoms. The minimum Gasteiger partial charge on any atom is -0.268 e. The summed E-state index contributed by atoms with van der Waals surface area (Å²) in [6.07, 6.45) is -1.47. The second-order valence-corrected chi connectivity index (χ2v) is 7.02. The molecular weight excluding hydrogens is 425 g/mol. The van der Waals surface area contributed by atoms with Crippen molar-refractivity contribution in [2.75, 3.05) is 0 Å². The van der Waals surface area contributed by atoms with Gasteiger partial charge in [-0.1, -0.05) is 6.07 Å². The molecule has 0 aliphatic carbocycles. The number of nitrogens with zero attached hydrogens (tertiary/aromatic N) is 2. The molecule has 24 heavy (non-hydrogen) atoms. The molecule has 3 nitrogen and oxygen atoms in total. The van der Waals surface area contributed by atoms with E-state index in [4.69, 9.17) is 0 Å². The monoisotopic (exact) mass is 440 g/mol. The number of rotatable bonds is 2. The molecule has 6 heteroatoms. The third-order valence-electron chi connectivity index (χ3n) is 3.76. The van der Waals surface area contributed by atoms with E-state index in [9.17, 15) is 13.6 Å². The first-order chi connectivity index (χ1) is 11.3. The van der Waals surface area contributed by atoms with E-state index in [2.05, 4.69) is 4.98 Å². The summed E-state index contributed by atoms with van der Waals surface area (Å²) in [5, 5.41) is 0.268. The van der Waals surface area contributed by atoms with Crippen LogP contribution in [0.4, 0.5) is 8.78 Å². The third kappa shape index (κ3) is 2.94. The third-order valence-corrected chi connectivity index (χ3v) is 4.58. The van der Waals surface area contributed by atoms with Gasteiger partial charge in [-0.3, -0.25) is 9.36 Å². The molecule has 1 aromatic heterocycles. The normalized spacial score (nSPS) is 12.6. The topological polar surface area (TPSA) is 34.9 Å². The van der Waals surface area contributed by atoms with Crippen molar-refractivity contribution in [3.05, 3.63) is 67.0 Å². The van der Waals surface area contributed by atoms with Gasteiger partial charge in [0.25, 0.3) is 5.56 Å².